The molecule has 0 amide bonds. The van der Waals surface area contributed by atoms with Gasteiger partial charge in [-0.1, -0.05) is 35.9 Å². The van der Waals surface area contributed by atoms with Crippen molar-refractivity contribution in [3.8, 4) is 28.0 Å². The van der Waals surface area contributed by atoms with Crippen LogP contribution in [0.1, 0.15) is 25.0 Å². The highest BCUT2D eigenvalue weighted by molar-refractivity contribution is 5.77. The molecule has 30 heavy (non-hydrogen) atoms. The molecule has 0 saturated carbocycles. The first-order valence-corrected chi connectivity index (χ1v) is 10.2. The Morgan fingerprint density at radius 3 is 1.97 bits per heavy atom. The van der Waals surface area contributed by atoms with E-state index in [1.165, 1.54) is 16.8 Å². The molecule has 0 aliphatic carbocycles. The summed E-state index contributed by atoms with van der Waals surface area (Å²) in [4.78, 5) is 2.09. The fourth-order valence-electron chi connectivity index (χ4n) is 3.46. The van der Waals surface area contributed by atoms with Gasteiger partial charge < -0.3 is 9.64 Å². The summed E-state index contributed by atoms with van der Waals surface area (Å²) in [6, 6.07) is 18.1. The molecule has 3 aromatic rings. The third kappa shape index (κ3) is 4.91. The topological polar surface area (TPSA) is 12.5 Å². The molecule has 0 radical (unpaired) electrons. The van der Waals surface area contributed by atoms with Gasteiger partial charge in [0.15, 0.2) is 11.6 Å². The number of aryl methyl sites for hydroxylation is 2. The zero-order valence-electron chi connectivity index (χ0n) is 18.7. The number of halogens is 1. The molecule has 0 saturated heterocycles. The smallest absolute Gasteiger partial charge is 0.165 e. The van der Waals surface area contributed by atoms with Gasteiger partial charge >= 0.3 is 0 Å². The van der Waals surface area contributed by atoms with E-state index in [-0.39, 0.29) is 11.6 Å². The summed E-state index contributed by atoms with van der Waals surface area (Å²) in [5.74, 6) is -0.0571. The van der Waals surface area contributed by atoms with E-state index in [0.29, 0.717) is 6.61 Å². The van der Waals surface area contributed by atoms with Crippen molar-refractivity contribution in [2.24, 2.45) is 0 Å². The highest BCUT2D eigenvalue weighted by Gasteiger charge is 2.11. The molecule has 2 nitrogen and oxygen atoms in total. The van der Waals surface area contributed by atoms with Gasteiger partial charge in [-0.3, -0.25) is 0 Å². The third-order valence-electron chi connectivity index (χ3n) is 5.24. The minimum absolute atomic E-state index is 0.281. The Morgan fingerprint density at radius 2 is 1.43 bits per heavy atom. The van der Waals surface area contributed by atoms with Gasteiger partial charge in [-0.2, -0.15) is 0 Å². The average molecular weight is 404 g/mol. The van der Waals surface area contributed by atoms with Crippen molar-refractivity contribution < 1.29 is 9.13 Å². The molecule has 0 unspecified atom stereocenters. The van der Waals surface area contributed by atoms with Crippen molar-refractivity contribution in [1.82, 2.24) is 0 Å². The zero-order chi connectivity index (χ0) is 21.8. The molecule has 0 N–H and O–H groups in total. The molecule has 0 atom stereocenters. The van der Waals surface area contributed by atoms with E-state index in [2.05, 4.69) is 55.1 Å². The summed E-state index contributed by atoms with van der Waals surface area (Å²) in [5, 5.41) is 0. The molecule has 3 aromatic carbocycles. The van der Waals surface area contributed by atoms with Crippen molar-refractivity contribution >= 4 is 5.69 Å². The predicted molar refractivity (Wildman–Crippen MR) is 126 cm³/mol. The van der Waals surface area contributed by atoms with Crippen LogP contribution in [0.4, 0.5) is 10.1 Å². The van der Waals surface area contributed by atoms with Gasteiger partial charge in [-0.15, -0.1) is 0 Å². The Labute approximate surface area is 179 Å². The monoisotopic (exact) mass is 403 g/mol. The van der Waals surface area contributed by atoms with E-state index in [0.717, 1.165) is 27.8 Å². The lowest BCUT2D eigenvalue weighted by Crippen LogP contribution is -2.07. The van der Waals surface area contributed by atoms with Gasteiger partial charge in [0.2, 0.25) is 0 Å². The normalized spacial score (nSPS) is 10.6. The summed E-state index contributed by atoms with van der Waals surface area (Å²) in [6.07, 6.45) is 1.94. The molecule has 0 aliphatic rings. The maximum absolute atomic E-state index is 14.6. The number of ether oxygens (including phenoxy) is 1. The van der Waals surface area contributed by atoms with Gasteiger partial charge in [0.1, 0.15) is 6.61 Å². The van der Waals surface area contributed by atoms with Gasteiger partial charge in [0.05, 0.1) is 0 Å². The fourth-order valence-corrected chi connectivity index (χ4v) is 3.46. The SMILES string of the molecule is CC(C)=CCOc1ccc(-c2cc(C)c(-c3ccc(N(C)C)cc3)cc2C)cc1F. The lowest BCUT2D eigenvalue weighted by molar-refractivity contribution is 0.341. The molecule has 3 rings (SSSR count). The number of benzene rings is 3. The van der Waals surface area contributed by atoms with Crippen LogP contribution in [0.3, 0.4) is 0 Å². The number of allylic oxidation sites excluding steroid dienone is 1. The second-order valence-electron chi connectivity index (χ2n) is 8.16. The summed E-state index contributed by atoms with van der Waals surface area (Å²) in [6.45, 7) is 8.54. The van der Waals surface area contributed by atoms with Crippen LogP contribution in [0.2, 0.25) is 0 Å². The minimum atomic E-state index is -0.338. The molecule has 0 spiro atoms. The van der Waals surface area contributed by atoms with Crippen LogP contribution in [0.5, 0.6) is 5.75 Å². The van der Waals surface area contributed by atoms with Gasteiger partial charge in [-0.05, 0) is 91.4 Å². The van der Waals surface area contributed by atoms with E-state index < -0.39 is 0 Å². The first-order chi connectivity index (χ1) is 14.3. The van der Waals surface area contributed by atoms with Crippen molar-refractivity contribution in [3.63, 3.8) is 0 Å². The van der Waals surface area contributed by atoms with Gasteiger partial charge in [0.25, 0.3) is 0 Å². The molecule has 156 valence electrons. The molecule has 0 fully saturated rings. The third-order valence-corrected chi connectivity index (χ3v) is 5.24. The first-order valence-electron chi connectivity index (χ1n) is 10.2. The zero-order valence-corrected chi connectivity index (χ0v) is 18.7. The summed E-state index contributed by atoms with van der Waals surface area (Å²) < 4.78 is 20.1. The lowest BCUT2D eigenvalue weighted by Gasteiger charge is -2.16. The van der Waals surface area contributed by atoms with Crippen LogP contribution in [0.25, 0.3) is 22.3 Å². The Bertz CT molecular complexity index is 1060. The Balaban J connectivity index is 1.89. The molecule has 0 aliphatic heterocycles. The highest BCUT2D eigenvalue weighted by atomic mass is 19.1. The Kier molecular flexibility index (Phi) is 6.61. The molecule has 3 heteroatoms. The van der Waals surface area contributed by atoms with E-state index in [1.54, 1.807) is 12.1 Å². The van der Waals surface area contributed by atoms with Crippen molar-refractivity contribution in [2.75, 3.05) is 25.6 Å². The average Bonchev–Trinajstić information content (AvgIpc) is 2.70. The number of rotatable bonds is 6. The largest absolute Gasteiger partial charge is 0.486 e. The van der Waals surface area contributed by atoms with E-state index >= 15 is 0 Å². The quantitative estimate of drug-likeness (QED) is 0.404. The van der Waals surface area contributed by atoms with E-state index in [9.17, 15) is 4.39 Å². The first kappa shape index (κ1) is 21.6. The van der Waals surface area contributed by atoms with Crippen LogP contribution >= 0.6 is 0 Å². The molecular formula is C27H30FNO. The van der Waals surface area contributed by atoms with Crippen LogP contribution in [-0.2, 0) is 0 Å². The van der Waals surface area contributed by atoms with Crippen LogP contribution < -0.4 is 9.64 Å². The maximum atomic E-state index is 14.6. The van der Waals surface area contributed by atoms with E-state index in [4.69, 9.17) is 4.74 Å². The van der Waals surface area contributed by atoms with Crippen molar-refractivity contribution in [1.29, 1.82) is 0 Å². The van der Waals surface area contributed by atoms with E-state index in [1.807, 2.05) is 40.1 Å². The second-order valence-corrected chi connectivity index (χ2v) is 8.16. The Hall–Kier alpha value is -3.07. The molecular weight excluding hydrogens is 373 g/mol. The van der Waals surface area contributed by atoms with Gasteiger partial charge in [-0.25, -0.2) is 4.39 Å². The second kappa shape index (κ2) is 9.17. The standard InChI is InChI=1S/C27H30FNO/c1-18(2)13-14-30-27-12-9-22(17-26(27)28)25-16-19(3)24(15-20(25)4)21-7-10-23(11-8-21)29(5)6/h7-13,15-17H,14H2,1-6H3. The fraction of sp³-hybridized carbons (Fsp3) is 0.259. The number of hydrogen-bond donors (Lipinski definition) is 0. The maximum Gasteiger partial charge on any atom is 0.165 e. The van der Waals surface area contributed by atoms with Crippen LogP contribution in [0, 0.1) is 19.7 Å². The summed E-state index contributed by atoms with van der Waals surface area (Å²) in [5.41, 5.74) is 8.88. The van der Waals surface area contributed by atoms with Crippen LogP contribution in [-0.4, -0.2) is 20.7 Å². The number of nitrogens with zero attached hydrogens (tertiary/aromatic N) is 1. The highest BCUT2D eigenvalue weighted by Crippen LogP contribution is 2.34. The van der Waals surface area contributed by atoms with Crippen molar-refractivity contribution in [3.05, 3.63) is 83.2 Å². The summed E-state index contributed by atoms with van der Waals surface area (Å²) >= 11 is 0. The molecule has 0 bridgehead atoms. The molecule has 0 aromatic heterocycles. The van der Waals surface area contributed by atoms with Gasteiger partial charge in [0, 0.05) is 19.8 Å². The number of hydrogen-bond acceptors (Lipinski definition) is 2. The Morgan fingerprint density at radius 1 is 0.867 bits per heavy atom. The van der Waals surface area contributed by atoms with Crippen LogP contribution in [0.15, 0.2) is 66.2 Å². The molecule has 0 heterocycles. The predicted octanol–water partition coefficient (Wildman–Crippen LogP) is 7.19. The number of anilines is 1. The summed E-state index contributed by atoms with van der Waals surface area (Å²) in [7, 11) is 4.08. The minimum Gasteiger partial charge on any atom is -0.486 e. The lowest BCUT2D eigenvalue weighted by atomic mass is 9.92. The van der Waals surface area contributed by atoms with Crippen molar-refractivity contribution in [2.45, 2.75) is 27.7 Å².